The predicted octanol–water partition coefficient (Wildman–Crippen LogP) is 19.7. The first kappa shape index (κ1) is 68.8. The van der Waals surface area contributed by atoms with Gasteiger partial charge in [-0.1, -0.05) is 268 Å². The van der Waals surface area contributed by atoms with Gasteiger partial charge in [0, 0.05) is 12.8 Å². The van der Waals surface area contributed by atoms with Gasteiger partial charge in [-0.2, -0.15) is 0 Å². The van der Waals surface area contributed by atoms with E-state index >= 15 is 0 Å². The van der Waals surface area contributed by atoms with Crippen molar-refractivity contribution in [3.8, 4) is 0 Å². The fourth-order valence-corrected chi connectivity index (χ4v) is 9.48. The average Bonchev–Trinajstić information content (AvgIpc) is 3.37. The number of hydrogen-bond acceptors (Lipinski definition) is 5. The third-order valence-electron chi connectivity index (χ3n) is 14.3. The fraction of sp³-hybridized carbons (Fsp3) is 0.846. The molecule has 0 aliphatic carbocycles. The topological polar surface area (TPSA) is 95.9 Å². The third-order valence-corrected chi connectivity index (χ3v) is 14.3. The van der Waals surface area contributed by atoms with Crippen LogP contribution in [0.3, 0.4) is 0 Å². The van der Waals surface area contributed by atoms with Crippen molar-refractivity contribution in [3.05, 3.63) is 48.6 Å². The summed E-state index contributed by atoms with van der Waals surface area (Å²) in [6.07, 6.45) is 77.2. The summed E-state index contributed by atoms with van der Waals surface area (Å²) in [6.45, 7) is 4.87. The van der Waals surface area contributed by atoms with Crippen LogP contribution >= 0.6 is 0 Å². The molecule has 2 atom stereocenters. The van der Waals surface area contributed by atoms with Crippen molar-refractivity contribution >= 4 is 11.9 Å². The van der Waals surface area contributed by atoms with Crippen LogP contribution in [0.1, 0.15) is 328 Å². The van der Waals surface area contributed by atoms with Crippen LogP contribution in [0.2, 0.25) is 0 Å². The smallest absolute Gasteiger partial charge is 0.305 e. The zero-order valence-corrected chi connectivity index (χ0v) is 47.5. The fourth-order valence-electron chi connectivity index (χ4n) is 9.48. The van der Waals surface area contributed by atoms with Crippen LogP contribution in [0.25, 0.3) is 0 Å². The van der Waals surface area contributed by atoms with Crippen LogP contribution in [-0.2, 0) is 14.3 Å². The van der Waals surface area contributed by atoms with E-state index < -0.39 is 12.1 Å². The molecule has 0 aromatic carbocycles. The van der Waals surface area contributed by atoms with E-state index in [9.17, 15) is 19.8 Å². The molecule has 0 aliphatic heterocycles. The number of allylic oxidation sites excluding steroid dienone is 7. The quantitative estimate of drug-likeness (QED) is 0.0321. The number of rotatable bonds is 58. The minimum absolute atomic E-state index is 0.0169. The second-order valence-corrected chi connectivity index (χ2v) is 21.4. The molecule has 0 saturated heterocycles. The lowest BCUT2D eigenvalue weighted by Crippen LogP contribution is -2.45. The van der Waals surface area contributed by atoms with Crippen LogP contribution in [-0.4, -0.2) is 47.4 Å². The van der Waals surface area contributed by atoms with Crippen LogP contribution in [0.15, 0.2) is 48.6 Å². The van der Waals surface area contributed by atoms with E-state index in [0.717, 1.165) is 83.5 Å². The van der Waals surface area contributed by atoms with E-state index in [1.54, 1.807) is 6.08 Å². The molecule has 0 heterocycles. The Labute approximate surface area is 442 Å². The highest BCUT2D eigenvalue weighted by Gasteiger charge is 2.18. The summed E-state index contributed by atoms with van der Waals surface area (Å²) in [4.78, 5) is 24.6. The van der Waals surface area contributed by atoms with E-state index in [1.807, 2.05) is 6.08 Å². The monoisotopic (exact) mass is 996 g/mol. The molecule has 0 aliphatic rings. The molecule has 0 rings (SSSR count). The molecule has 2 unspecified atom stereocenters. The number of hydrogen-bond donors (Lipinski definition) is 3. The number of aliphatic hydroxyl groups excluding tert-OH is 2. The molecule has 0 radical (unpaired) electrons. The summed E-state index contributed by atoms with van der Waals surface area (Å²) in [5.74, 6) is -0.0997. The molecular weight excluding hydrogens is 875 g/mol. The maximum Gasteiger partial charge on any atom is 0.305 e. The summed E-state index contributed by atoms with van der Waals surface area (Å²) < 4.78 is 5.47. The van der Waals surface area contributed by atoms with E-state index in [1.165, 1.54) is 218 Å². The molecule has 416 valence electrons. The Morgan fingerprint density at radius 3 is 1.08 bits per heavy atom. The van der Waals surface area contributed by atoms with Crippen molar-refractivity contribution in [2.75, 3.05) is 13.2 Å². The predicted molar refractivity (Wildman–Crippen MR) is 310 cm³/mol. The van der Waals surface area contributed by atoms with E-state index in [4.69, 9.17) is 4.74 Å². The van der Waals surface area contributed by atoms with Gasteiger partial charge in [0.05, 0.1) is 25.4 Å². The first-order valence-corrected chi connectivity index (χ1v) is 31.4. The van der Waals surface area contributed by atoms with E-state index in [2.05, 4.69) is 55.6 Å². The summed E-state index contributed by atoms with van der Waals surface area (Å²) in [5, 5.41) is 23.2. The van der Waals surface area contributed by atoms with Crippen LogP contribution < -0.4 is 5.32 Å². The Kier molecular flexibility index (Phi) is 58.5. The Balaban J connectivity index is 3.51. The van der Waals surface area contributed by atoms with Gasteiger partial charge in [0.1, 0.15) is 0 Å². The molecule has 0 aromatic heterocycles. The highest BCUT2D eigenvalue weighted by molar-refractivity contribution is 5.76. The molecule has 0 spiro atoms. The molecule has 6 nitrogen and oxygen atoms in total. The number of aliphatic hydroxyl groups is 2. The van der Waals surface area contributed by atoms with Crippen molar-refractivity contribution in [1.29, 1.82) is 0 Å². The van der Waals surface area contributed by atoms with Gasteiger partial charge in [0.15, 0.2) is 0 Å². The van der Waals surface area contributed by atoms with Gasteiger partial charge in [-0.05, 0) is 96.3 Å². The molecule has 71 heavy (non-hydrogen) atoms. The first-order valence-electron chi connectivity index (χ1n) is 31.4. The normalized spacial score (nSPS) is 12.9. The zero-order chi connectivity index (χ0) is 51.4. The maximum atomic E-state index is 12.5. The van der Waals surface area contributed by atoms with Crippen LogP contribution in [0.5, 0.6) is 0 Å². The first-order chi connectivity index (χ1) is 35.0. The summed E-state index contributed by atoms with van der Waals surface area (Å²) in [7, 11) is 0. The van der Waals surface area contributed by atoms with Gasteiger partial charge >= 0.3 is 5.97 Å². The van der Waals surface area contributed by atoms with E-state index in [-0.39, 0.29) is 18.5 Å². The van der Waals surface area contributed by atoms with Crippen molar-refractivity contribution in [1.82, 2.24) is 5.32 Å². The van der Waals surface area contributed by atoms with Gasteiger partial charge in [0.25, 0.3) is 0 Å². The molecule has 6 heteroatoms. The minimum atomic E-state index is -0.856. The lowest BCUT2D eigenvalue weighted by atomic mass is 10.0. The number of esters is 1. The van der Waals surface area contributed by atoms with Crippen molar-refractivity contribution in [2.24, 2.45) is 0 Å². The number of carbonyl (C=O) groups excluding carboxylic acids is 2. The standard InChI is InChI=1S/C65H121NO5/c1-3-5-7-9-11-13-15-17-19-21-23-27-31-35-39-43-47-51-55-59-65(70)71-60-56-52-48-44-40-36-32-28-24-26-30-34-38-42-46-50-54-58-64(69)66-62(61-67)63(68)57-53-49-45-41-37-33-29-25-22-20-18-16-14-12-10-8-6-4-2/h17,19,24,28,36,40,53,57,62-63,67-68H,3-16,18,20-23,25-27,29-35,37-39,41-52,54-56,58-61H2,1-2H3,(H,66,69)/b19-17-,28-24-,40-36-,57-53+. The second-order valence-electron chi connectivity index (χ2n) is 21.4. The number of nitrogens with one attached hydrogen (secondary N) is 1. The molecule has 0 fully saturated rings. The zero-order valence-electron chi connectivity index (χ0n) is 47.5. The number of unbranched alkanes of at least 4 members (excludes halogenated alkanes) is 41. The van der Waals surface area contributed by atoms with Crippen molar-refractivity contribution in [3.63, 3.8) is 0 Å². The van der Waals surface area contributed by atoms with Crippen LogP contribution in [0.4, 0.5) is 0 Å². The van der Waals surface area contributed by atoms with Crippen molar-refractivity contribution < 1.29 is 24.5 Å². The maximum absolute atomic E-state index is 12.5. The van der Waals surface area contributed by atoms with Gasteiger partial charge in [-0.3, -0.25) is 9.59 Å². The van der Waals surface area contributed by atoms with Gasteiger partial charge in [-0.15, -0.1) is 0 Å². The lowest BCUT2D eigenvalue weighted by molar-refractivity contribution is -0.143. The van der Waals surface area contributed by atoms with Crippen LogP contribution in [0, 0.1) is 0 Å². The highest BCUT2D eigenvalue weighted by atomic mass is 16.5. The Morgan fingerprint density at radius 1 is 0.394 bits per heavy atom. The Bertz CT molecular complexity index is 1190. The second kappa shape index (κ2) is 60.4. The summed E-state index contributed by atoms with van der Waals surface area (Å²) in [6, 6.07) is -0.641. The Hall–Kier alpha value is -2.18. The minimum Gasteiger partial charge on any atom is -0.466 e. The highest BCUT2D eigenvalue weighted by Crippen LogP contribution is 2.17. The molecular formula is C65H121NO5. The summed E-state index contributed by atoms with van der Waals surface area (Å²) in [5.41, 5.74) is 0. The molecule has 0 saturated carbocycles. The largest absolute Gasteiger partial charge is 0.466 e. The summed E-state index contributed by atoms with van der Waals surface area (Å²) >= 11 is 0. The third kappa shape index (κ3) is 57.0. The van der Waals surface area contributed by atoms with Gasteiger partial charge in [-0.25, -0.2) is 0 Å². The molecule has 0 bridgehead atoms. The van der Waals surface area contributed by atoms with Gasteiger partial charge in [0.2, 0.25) is 5.91 Å². The van der Waals surface area contributed by atoms with E-state index in [0.29, 0.717) is 19.4 Å². The number of ether oxygens (including phenoxy) is 1. The Morgan fingerprint density at radius 2 is 0.704 bits per heavy atom. The number of amides is 1. The lowest BCUT2D eigenvalue weighted by Gasteiger charge is -2.20. The average molecular weight is 997 g/mol. The molecule has 3 N–H and O–H groups in total. The molecule has 0 aromatic rings. The number of carbonyl (C=O) groups is 2. The van der Waals surface area contributed by atoms with Crippen molar-refractivity contribution in [2.45, 2.75) is 341 Å². The van der Waals surface area contributed by atoms with Gasteiger partial charge < -0.3 is 20.3 Å². The SMILES string of the molecule is CCCCCCCC/C=C\CCCCCCCCCCCC(=O)OCCCCC/C=C\C/C=C\CCCCCCCCCC(=O)NC(CO)C(O)/C=C/CCCCCCCCCCCCCCCCCC. The molecule has 1 amide bonds.